The number of benzene rings is 11. The summed E-state index contributed by atoms with van der Waals surface area (Å²) in [7, 11) is 4.20. The summed E-state index contributed by atoms with van der Waals surface area (Å²) in [5, 5.41) is 4.04. The molecule has 15 aromatic rings. The van der Waals surface area contributed by atoms with Crippen molar-refractivity contribution in [1.29, 1.82) is 0 Å². The molecule has 0 aliphatic carbocycles. The Morgan fingerprint density at radius 1 is 0.375 bits per heavy atom. The number of pyridine rings is 2. The first-order valence-corrected chi connectivity index (χ1v) is 39.8. The van der Waals surface area contributed by atoms with Gasteiger partial charge in [-0.3, -0.25) is 9.97 Å². The van der Waals surface area contributed by atoms with E-state index in [4.69, 9.17) is 30.5 Å². The minimum Gasteiger partial charge on any atom is -0.510 e. The Balaban J connectivity index is 0.000000131. The summed E-state index contributed by atoms with van der Waals surface area (Å²) >= 11 is 0. The zero-order chi connectivity index (χ0) is 93.7. The molecule has 0 saturated carbocycles. The van der Waals surface area contributed by atoms with Gasteiger partial charge in [0.1, 0.15) is 0 Å². The average molecular weight is 2120 g/mol. The molecule has 11 aromatic carbocycles. The maximum atomic E-state index is 8.77. The minimum atomic E-state index is -2.38. The molecule has 2 atom stereocenters. The second-order valence-electron chi connectivity index (χ2n) is 35.6. The zero-order valence-corrected chi connectivity index (χ0v) is 76.7. The topological polar surface area (TPSA) is 54.0 Å². The SMILES string of the molecule is C.CN1[CH-]N2c3[c-]cccc3C(C)(C)c3cccc1c32.CN1[CH-]N2c3[c-]cccc3C(C)(C)c3cccc1c32.[2H]C([2H])([2H])N1C=C2N([CH-]1)c1[c-]cccc1C(C)(C)C2(C)C.[2H]C([2H])([2H])c1ccc2c3c1c1ccc[c-]c1c1nc(-c4ccccc4)c(n13)C(C)(C([2H])([2H])[2H])C2(C)C.[2H]C([2H])([2H])c1ccc2c3c1c1ccc[c-]c1c1nc(-c4ccccc4)c(n13)C(C)(C([2H])([2H])[2H])C2(C)C.[Ir+3].[Ir+3].[Ir]. The quantitative estimate of drug-likeness (QED) is 0.125. The van der Waals surface area contributed by atoms with Crippen LogP contribution in [0.1, 0.15) is 200 Å². The van der Waals surface area contributed by atoms with Crippen LogP contribution in [0.2, 0.25) is 0 Å². The first-order valence-electron chi connectivity index (χ1n) is 47.3. The number of rotatable bonds is 2. The molecule has 10 nitrogen and oxygen atoms in total. The fourth-order valence-corrected chi connectivity index (χ4v) is 19.6. The fourth-order valence-electron chi connectivity index (χ4n) is 19.6. The van der Waals surface area contributed by atoms with Crippen molar-refractivity contribution >= 4 is 94.5 Å². The van der Waals surface area contributed by atoms with E-state index in [1.54, 1.807) is 63.1 Å². The van der Waals surface area contributed by atoms with Gasteiger partial charge in [-0.2, -0.15) is 92.8 Å². The van der Waals surface area contributed by atoms with Gasteiger partial charge in [-0.1, -0.05) is 249 Å². The molecule has 13 heteroatoms. The van der Waals surface area contributed by atoms with Gasteiger partial charge < -0.3 is 38.2 Å². The number of imidazole rings is 2. The molecule has 23 rings (SSSR count). The van der Waals surface area contributed by atoms with E-state index in [1.807, 2.05) is 151 Å². The van der Waals surface area contributed by atoms with E-state index in [-0.39, 0.29) is 101 Å². The molecule has 0 saturated heterocycles. The summed E-state index contributed by atoms with van der Waals surface area (Å²) in [4.78, 5) is 22.3. The number of allylic oxidation sites excluding steroid dienone is 1. The Kier molecular flexibility index (Phi) is 16.9. The Morgan fingerprint density at radius 3 is 1.17 bits per heavy atom. The largest absolute Gasteiger partial charge is 3.00 e. The summed E-state index contributed by atoms with van der Waals surface area (Å²) in [6, 6.07) is 85.5. The maximum absolute atomic E-state index is 8.77. The van der Waals surface area contributed by atoms with E-state index in [0.717, 1.165) is 44.4 Å². The molecule has 0 bridgehead atoms. The Hall–Kier alpha value is -9.67. The van der Waals surface area contributed by atoms with Crippen LogP contribution in [0, 0.1) is 69.5 Å². The number of fused-ring (bicyclic) bond motifs is 13. The number of aryl methyl sites for hydroxylation is 2. The molecule has 12 heterocycles. The van der Waals surface area contributed by atoms with E-state index in [2.05, 4.69) is 199 Å². The third-order valence-corrected chi connectivity index (χ3v) is 27.5. The van der Waals surface area contributed by atoms with Crippen molar-refractivity contribution in [3.05, 3.63) is 336 Å². The smallest absolute Gasteiger partial charge is 0.510 e. The summed E-state index contributed by atoms with van der Waals surface area (Å²) < 4.78 is 129. The standard InChI is InChI=1S/2C28H25N2.2C17H16N2.C16H20N2.CH4.3Ir/c2*1-17-15-16-21-24-22(17)19-13-9-10-14-20(19)26-29-23(18-11-7-6-8-12-18)25(30(24)26)28(4,5)27(21,2)3;2*1-17(2)12-7-4-5-9-14(12)19-11-18(3)15-10-6-8-13(17)16(15)19;1-15(2)12-8-6-7-9-13(12)18-11-17(5)10-14(18)16(15,3)4;;;;/h2*6-13,15-16H,1-5H3;2*4-8,10-11H,1-3H3;6-8,10-11H,1-5H3;1H4;;;/q2*-1;3*-2;;;2*+3/i2*1D3,4D3;;;5D3;;;;. The number of hydrogen-bond acceptors (Lipinski definition) is 8. The molecule has 0 N–H and O–H groups in total. The van der Waals surface area contributed by atoms with Gasteiger partial charge in [0.05, 0.1) is 22.7 Å². The van der Waals surface area contributed by atoms with Crippen molar-refractivity contribution in [1.82, 2.24) is 23.7 Å². The summed E-state index contributed by atoms with van der Waals surface area (Å²) in [5.74, 6) is 0. The molecule has 613 valence electrons. The van der Waals surface area contributed by atoms with Gasteiger partial charge in [0.15, 0.2) is 0 Å². The zero-order valence-electron chi connectivity index (χ0n) is 84.5. The van der Waals surface area contributed by atoms with Crippen molar-refractivity contribution in [3.8, 4) is 22.5 Å². The third-order valence-electron chi connectivity index (χ3n) is 27.5. The number of nitrogens with zero attached hydrogens (tertiary/aromatic N) is 10. The average Bonchev–Trinajstić information content (AvgIpc) is 1.57. The maximum Gasteiger partial charge on any atom is 3.00 e. The first-order chi connectivity index (χ1) is 61.4. The molecule has 0 amide bonds. The monoisotopic (exact) mass is 2120 g/mol. The van der Waals surface area contributed by atoms with Crippen LogP contribution in [0.4, 0.5) is 39.8 Å². The minimum absolute atomic E-state index is 0. The van der Waals surface area contributed by atoms with Crippen molar-refractivity contribution < 1.29 is 80.9 Å². The van der Waals surface area contributed by atoms with Crippen LogP contribution in [0.3, 0.4) is 0 Å². The molecule has 2 unspecified atom stereocenters. The van der Waals surface area contributed by atoms with Crippen LogP contribution in [0.5, 0.6) is 0 Å². The molecular formula is C107H106Ir3N10-2. The van der Waals surface area contributed by atoms with Crippen LogP contribution in [-0.2, 0) is 98.2 Å². The molecule has 8 aliphatic heterocycles. The van der Waals surface area contributed by atoms with Crippen molar-refractivity contribution in [3.63, 3.8) is 0 Å². The number of aromatic nitrogens is 4. The molecule has 0 spiro atoms. The van der Waals surface area contributed by atoms with Crippen LogP contribution in [0.15, 0.2) is 224 Å². The van der Waals surface area contributed by atoms with Crippen molar-refractivity contribution in [2.75, 3.05) is 45.6 Å². The van der Waals surface area contributed by atoms with Crippen LogP contribution in [0.25, 0.3) is 77.2 Å². The Labute approximate surface area is 772 Å². The molecule has 0 fully saturated rings. The second kappa shape index (κ2) is 29.8. The van der Waals surface area contributed by atoms with Gasteiger partial charge >= 0.3 is 40.2 Å². The molecule has 8 aliphatic rings. The summed E-state index contributed by atoms with van der Waals surface area (Å²) in [6.07, 6.45) is 1.75. The van der Waals surface area contributed by atoms with Gasteiger partial charge in [0, 0.05) is 130 Å². The van der Waals surface area contributed by atoms with Gasteiger partial charge in [0.2, 0.25) is 0 Å². The van der Waals surface area contributed by atoms with Crippen molar-refractivity contribution in [2.45, 2.75) is 170 Å². The van der Waals surface area contributed by atoms with Crippen LogP contribution in [-0.4, -0.2) is 44.7 Å². The van der Waals surface area contributed by atoms with E-state index in [9.17, 15) is 0 Å². The van der Waals surface area contributed by atoms with Crippen molar-refractivity contribution in [2.24, 2.45) is 5.41 Å². The molecular weight excluding hydrogens is 2000 g/mol. The van der Waals surface area contributed by atoms with Crippen LogP contribution >= 0.6 is 0 Å². The Morgan fingerprint density at radius 2 is 0.758 bits per heavy atom. The number of para-hydroxylation sites is 5. The van der Waals surface area contributed by atoms with Gasteiger partial charge in [-0.15, -0.1) is 93.1 Å². The summed E-state index contributed by atoms with van der Waals surface area (Å²) in [5.41, 5.74) is 20.1. The molecule has 4 aromatic heterocycles. The van der Waals surface area contributed by atoms with Gasteiger partial charge in [-0.25, -0.2) is 0 Å². The van der Waals surface area contributed by atoms with E-state index in [0.29, 0.717) is 66.6 Å². The van der Waals surface area contributed by atoms with Crippen LogP contribution < -0.4 is 24.5 Å². The van der Waals surface area contributed by atoms with E-state index >= 15 is 0 Å². The molecule has 120 heavy (non-hydrogen) atoms. The van der Waals surface area contributed by atoms with Gasteiger partial charge in [0.25, 0.3) is 0 Å². The summed E-state index contributed by atoms with van der Waals surface area (Å²) in [6.45, 7) is 23.6. The second-order valence-corrected chi connectivity index (χ2v) is 35.6. The van der Waals surface area contributed by atoms with E-state index in [1.165, 1.54) is 66.8 Å². The van der Waals surface area contributed by atoms with E-state index < -0.39 is 56.0 Å². The fraction of sp³-hybridized carbons (Fsp3) is 0.280. The predicted octanol–water partition coefficient (Wildman–Crippen LogP) is 25.8. The predicted molar refractivity (Wildman–Crippen MR) is 489 cm³/mol. The number of hydrogen-bond donors (Lipinski definition) is 0. The third kappa shape index (κ3) is 12.0. The van der Waals surface area contributed by atoms with Gasteiger partial charge in [-0.05, 0) is 102 Å². The normalized spacial score (nSPS) is 21.6. The molecule has 1 radical (unpaired) electrons. The Bertz CT molecular complexity index is 6900. The first kappa shape index (κ1) is 67.9. The number of anilines is 7.